The predicted molar refractivity (Wildman–Crippen MR) is 97.1 cm³/mol. The first-order valence-electron chi connectivity index (χ1n) is 8.05. The number of fused-ring (bicyclic) bond motifs is 1. The van der Waals surface area contributed by atoms with Crippen LogP contribution in [0.5, 0.6) is 0 Å². The van der Waals surface area contributed by atoms with E-state index < -0.39 is 0 Å². The zero-order valence-corrected chi connectivity index (χ0v) is 14.2. The zero-order chi connectivity index (χ0) is 18.5. The normalized spacial score (nSPS) is 10.7. The maximum absolute atomic E-state index is 12.3. The highest BCUT2D eigenvalue weighted by Gasteiger charge is 2.07. The number of hydrogen-bond acceptors (Lipinski definition) is 6. The van der Waals surface area contributed by atoms with E-state index in [-0.39, 0.29) is 23.6 Å². The Morgan fingerprint density at radius 2 is 2.04 bits per heavy atom. The molecular weight excluding hydrogens is 336 g/mol. The van der Waals surface area contributed by atoms with Gasteiger partial charge in [0, 0.05) is 24.8 Å². The third-order valence-electron chi connectivity index (χ3n) is 3.65. The van der Waals surface area contributed by atoms with Gasteiger partial charge in [-0.25, -0.2) is 9.97 Å². The van der Waals surface area contributed by atoms with E-state index in [9.17, 15) is 14.4 Å². The number of benzene rings is 1. The van der Waals surface area contributed by atoms with Crippen molar-refractivity contribution >= 4 is 22.8 Å². The Hall–Kier alpha value is -3.49. The van der Waals surface area contributed by atoms with Crippen molar-refractivity contribution < 1.29 is 4.79 Å². The van der Waals surface area contributed by atoms with Crippen LogP contribution < -0.4 is 21.8 Å². The lowest BCUT2D eigenvalue weighted by Gasteiger charge is -2.09. The van der Waals surface area contributed by atoms with Crippen LogP contribution in [-0.4, -0.2) is 38.5 Å². The number of para-hydroxylation sites is 1. The third-order valence-corrected chi connectivity index (χ3v) is 3.65. The van der Waals surface area contributed by atoms with Gasteiger partial charge in [-0.1, -0.05) is 12.1 Å². The number of nitrogens with zero attached hydrogens (tertiary/aromatic N) is 3. The van der Waals surface area contributed by atoms with Crippen LogP contribution in [-0.2, 0) is 11.3 Å². The molecule has 0 bridgehead atoms. The molecular formula is C17H18N6O3. The van der Waals surface area contributed by atoms with Gasteiger partial charge >= 0.3 is 0 Å². The van der Waals surface area contributed by atoms with Crippen molar-refractivity contribution in [3.63, 3.8) is 0 Å². The minimum atomic E-state index is -0.309. The van der Waals surface area contributed by atoms with Gasteiger partial charge in [0.05, 0.1) is 17.2 Å². The third kappa shape index (κ3) is 4.12. The van der Waals surface area contributed by atoms with Crippen LogP contribution in [0.3, 0.4) is 0 Å². The summed E-state index contributed by atoms with van der Waals surface area (Å²) in [6.45, 7) is 2.29. The molecule has 0 radical (unpaired) electrons. The van der Waals surface area contributed by atoms with Crippen LogP contribution in [0.25, 0.3) is 10.9 Å². The van der Waals surface area contributed by atoms with Crippen molar-refractivity contribution in [2.75, 3.05) is 18.4 Å². The topological polar surface area (TPSA) is 122 Å². The molecule has 9 heteroatoms. The lowest BCUT2D eigenvalue weighted by Crippen LogP contribution is -2.35. The Labute approximate surface area is 148 Å². The summed E-state index contributed by atoms with van der Waals surface area (Å²) in [6, 6.07) is 8.37. The van der Waals surface area contributed by atoms with Crippen LogP contribution in [0.15, 0.2) is 46.2 Å². The fourth-order valence-corrected chi connectivity index (χ4v) is 2.47. The average Bonchev–Trinajstić information content (AvgIpc) is 2.61. The summed E-state index contributed by atoms with van der Waals surface area (Å²) < 4.78 is 1.27. The molecule has 0 unspecified atom stereocenters. The van der Waals surface area contributed by atoms with Gasteiger partial charge in [0.25, 0.3) is 11.1 Å². The van der Waals surface area contributed by atoms with Crippen molar-refractivity contribution in [2.24, 2.45) is 0 Å². The van der Waals surface area contributed by atoms with Gasteiger partial charge in [-0.3, -0.25) is 23.9 Å². The second-order valence-corrected chi connectivity index (χ2v) is 5.71. The molecule has 0 fully saturated rings. The molecule has 3 rings (SSSR count). The fraction of sp³-hybridized carbons (Fsp3) is 0.235. The molecule has 1 amide bonds. The van der Waals surface area contributed by atoms with Gasteiger partial charge in [-0.05, 0) is 19.1 Å². The van der Waals surface area contributed by atoms with E-state index in [4.69, 9.17) is 0 Å². The van der Waals surface area contributed by atoms with E-state index in [1.165, 1.54) is 17.0 Å². The van der Waals surface area contributed by atoms with Crippen LogP contribution in [0.2, 0.25) is 0 Å². The molecule has 0 aliphatic heterocycles. The summed E-state index contributed by atoms with van der Waals surface area (Å²) in [5.41, 5.74) is 0.694. The molecule has 0 saturated carbocycles. The van der Waals surface area contributed by atoms with Gasteiger partial charge in [0.1, 0.15) is 6.54 Å². The van der Waals surface area contributed by atoms with Crippen LogP contribution in [0.4, 0.5) is 5.95 Å². The Morgan fingerprint density at radius 1 is 1.23 bits per heavy atom. The van der Waals surface area contributed by atoms with Gasteiger partial charge in [0.15, 0.2) is 0 Å². The van der Waals surface area contributed by atoms with Gasteiger partial charge in [-0.2, -0.15) is 0 Å². The van der Waals surface area contributed by atoms with Crippen molar-refractivity contribution in [1.29, 1.82) is 0 Å². The summed E-state index contributed by atoms with van der Waals surface area (Å²) in [6.07, 6.45) is 1.36. The number of anilines is 1. The number of carbonyl (C=O) groups is 1. The number of nitrogens with one attached hydrogen (secondary N) is 3. The lowest BCUT2D eigenvalue weighted by atomic mass is 10.2. The molecule has 0 spiro atoms. The number of rotatable bonds is 6. The highest BCUT2D eigenvalue weighted by atomic mass is 16.2. The summed E-state index contributed by atoms with van der Waals surface area (Å²) in [7, 11) is 0. The van der Waals surface area contributed by atoms with Gasteiger partial charge < -0.3 is 10.6 Å². The molecule has 0 aliphatic carbocycles. The molecule has 9 nitrogen and oxygen atoms in total. The van der Waals surface area contributed by atoms with Gasteiger partial charge in [-0.15, -0.1) is 0 Å². The number of aromatic amines is 1. The Balaban J connectivity index is 1.54. The number of carbonyl (C=O) groups excluding carboxylic acids is 1. The Morgan fingerprint density at radius 3 is 2.85 bits per heavy atom. The van der Waals surface area contributed by atoms with Crippen molar-refractivity contribution in [3.8, 4) is 0 Å². The highest BCUT2D eigenvalue weighted by molar-refractivity contribution is 5.78. The number of H-pyrrole nitrogens is 1. The fourth-order valence-electron chi connectivity index (χ4n) is 2.47. The maximum Gasteiger partial charge on any atom is 0.261 e. The number of amides is 1. The predicted octanol–water partition coefficient (Wildman–Crippen LogP) is 0.0165. The molecule has 3 N–H and O–H groups in total. The quantitative estimate of drug-likeness (QED) is 0.536. The largest absolute Gasteiger partial charge is 0.354 e. The highest BCUT2D eigenvalue weighted by Crippen LogP contribution is 2.04. The van der Waals surface area contributed by atoms with E-state index in [1.54, 1.807) is 31.2 Å². The number of hydrogen-bond donors (Lipinski definition) is 3. The van der Waals surface area contributed by atoms with E-state index in [2.05, 4.69) is 25.6 Å². The molecule has 0 saturated heterocycles. The second-order valence-electron chi connectivity index (χ2n) is 5.71. The van der Waals surface area contributed by atoms with Crippen molar-refractivity contribution in [3.05, 3.63) is 63.1 Å². The molecule has 2 heterocycles. The summed E-state index contributed by atoms with van der Waals surface area (Å²) in [5, 5.41) is 6.09. The summed E-state index contributed by atoms with van der Waals surface area (Å²) in [5.74, 6) is 0.0378. The SMILES string of the molecule is Cc1cc(=O)[nH]c(NCCNC(=O)Cn2cnc3ccccc3c2=O)n1. The first kappa shape index (κ1) is 17.3. The maximum atomic E-state index is 12.3. The van der Waals surface area contributed by atoms with Crippen LogP contribution >= 0.6 is 0 Å². The first-order chi connectivity index (χ1) is 12.5. The summed E-state index contributed by atoms with van der Waals surface area (Å²) >= 11 is 0. The average molecular weight is 354 g/mol. The molecule has 0 atom stereocenters. The molecule has 0 aliphatic rings. The van der Waals surface area contributed by atoms with Crippen molar-refractivity contribution in [2.45, 2.75) is 13.5 Å². The Bertz CT molecular complexity index is 1060. The Kier molecular flexibility index (Phi) is 5.07. The molecule has 134 valence electrons. The van der Waals surface area contributed by atoms with E-state index >= 15 is 0 Å². The van der Waals surface area contributed by atoms with Crippen LogP contribution in [0, 0.1) is 6.92 Å². The smallest absolute Gasteiger partial charge is 0.261 e. The second kappa shape index (κ2) is 7.60. The molecule has 3 aromatic rings. The zero-order valence-electron chi connectivity index (χ0n) is 14.2. The number of aryl methyl sites for hydroxylation is 1. The standard InChI is InChI=1S/C17H18N6O3/c1-11-8-14(24)22-17(21-11)19-7-6-18-15(25)9-23-10-20-13-5-3-2-4-12(13)16(23)26/h2-5,8,10H,6-7,9H2,1H3,(H,18,25)(H2,19,21,22,24). The molecule has 1 aromatic carbocycles. The van der Waals surface area contributed by atoms with E-state index in [0.29, 0.717) is 35.6 Å². The van der Waals surface area contributed by atoms with Crippen molar-refractivity contribution in [1.82, 2.24) is 24.8 Å². The minimum Gasteiger partial charge on any atom is -0.354 e. The van der Waals surface area contributed by atoms with Crippen LogP contribution in [0.1, 0.15) is 5.69 Å². The monoisotopic (exact) mass is 354 g/mol. The lowest BCUT2D eigenvalue weighted by molar-refractivity contribution is -0.121. The molecule has 2 aromatic heterocycles. The first-order valence-corrected chi connectivity index (χ1v) is 8.05. The van der Waals surface area contributed by atoms with E-state index in [0.717, 1.165) is 0 Å². The minimum absolute atomic E-state index is 0.115. The molecule has 26 heavy (non-hydrogen) atoms. The summed E-state index contributed by atoms with van der Waals surface area (Å²) in [4.78, 5) is 46.5. The van der Waals surface area contributed by atoms with Gasteiger partial charge in [0.2, 0.25) is 11.9 Å². The number of aromatic nitrogens is 4. The van der Waals surface area contributed by atoms with E-state index in [1.807, 2.05) is 0 Å².